The van der Waals surface area contributed by atoms with Gasteiger partial charge >= 0.3 is 0 Å². The molecule has 1 atom stereocenters. The molecule has 1 fully saturated rings. The zero-order valence-electron chi connectivity index (χ0n) is 7.25. The van der Waals surface area contributed by atoms with Crippen molar-refractivity contribution in [1.29, 1.82) is 0 Å². The van der Waals surface area contributed by atoms with E-state index < -0.39 is 0 Å². The highest BCUT2D eigenvalue weighted by Crippen LogP contribution is 2.23. The smallest absolute Gasteiger partial charge is 0.169 e. The molecule has 1 saturated heterocycles. The van der Waals surface area contributed by atoms with Crippen LogP contribution in [0.25, 0.3) is 0 Å². The van der Waals surface area contributed by atoms with Crippen molar-refractivity contribution in [3.05, 3.63) is 22.6 Å². The molecule has 2 heterocycles. The van der Waals surface area contributed by atoms with E-state index in [1.54, 1.807) is 6.26 Å². The lowest BCUT2D eigenvalue weighted by Crippen LogP contribution is -2.42. The number of ether oxygens (including phenoxy) is 1. The minimum atomic E-state index is -0.191. The molecule has 0 aromatic carbocycles. The Bertz CT molecular complexity index is 292. The Hall–Kier alpha value is -0.320. The third-order valence-electron chi connectivity index (χ3n) is 2.31. The Balaban J connectivity index is 2.04. The van der Waals surface area contributed by atoms with Crippen molar-refractivity contribution in [2.75, 3.05) is 13.2 Å². The lowest BCUT2D eigenvalue weighted by atomic mass is 9.93. The molecule has 0 amide bonds. The van der Waals surface area contributed by atoms with Gasteiger partial charge in [-0.15, -0.1) is 0 Å². The van der Waals surface area contributed by atoms with E-state index in [1.165, 1.54) is 0 Å². The maximum Gasteiger partial charge on any atom is 0.169 e. The molecule has 0 radical (unpaired) electrons. The molecule has 2 N–H and O–H groups in total. The zero-order valence-corrected chi connectivity index (χ0v) is 8.84. The largest absolute Gasteiger partial charge is 0.457 e. The normalized spacial score (nSPS) is 28.2. The van der Waals surface area contributed by atoms with Crippen molar-refractivity contribution in [1.82, 2.24) is 0 Å². The van der Waals surface area contributed by atoms with Gasteiger partial charge in [-0.05, 0) is 40.4 Å². The minimum Gasteiger partial charge on any atom is -0.457 e. The van der Waals surface area contributed by atoms with Gasteiger partial charge in [0.05, 0.1) is 12.9 Å². The van der Waals surface area contributed by atoms with Crippen molar-refractivity contribution < 1.29 is 9.15 Å². The molecule has 13 heavy (non-hydrogen) atoms. The fourth-order valence-electron chi connectivity index (χ4n) is 1.61. The van der Waals surface area contributed by atoms with Gasteiger partial charge < -0.3 is 14.9 Å². The van der Waals surface area contributed by atoms with Crippen LogP contribution in [0.3, 0.4) is 0 Å². The number of hydrogen-bond acceptors (Lipinski definition) is 3. The SMILES string of the molecule is NC1(Cc2coc(Br)c2)CCOC1. The monoisotopic (exact) mass is 245 g/mol. The summed E-state index contributed by atoms with van der Waals surface area (Å²) in [5, 5.41) is 0. The molecule has 1 aliphatic heterocycles. The van der Waals surface area contributed by atoms with Gasteiger partial charge in [0.25, 0.3) is 0 Å². The highest BCUT2D eigenvalue weighted by Gasteiger charge is 2.30. The molecule has 3 nitrogen and oxygen atoms in total. The first kappa shape index (κ1) is 9.24. The van der Waals surface area contributed by atoms with Gasteiger partial charge in [-0.25, -0.2) is 0 Å². The van der Waals surface area contributed by atoms with Gasteiger partial charge in [-0.1, -0.05) is 0 Å². The second kappa shape index (κ2) is 3.44. The molecule has 4 heteroatoms. The quantitative estimate of drug-likeness (QED) is 0.863. The summed E-state index contributed by atoms with van der Waals surface area (Å²) >= 11 is 3.26. The van der Waals surface area contributed by atoms with E-state index in [0.29, 0.717) is 6.61 Å². The van der Waals surface area contributed by atoms with Crippen LogP contribution in [0.1, 0.15) is 12.0 Å². The van der Waals surface area contributed by atoms with Crippen molar-refractivity contribution in [2.45, 2.75) is 18.4 Å². The fraction of sp³-hybridized carbons (Fsp3) is 0.556. The Morgan fingerprint density at radius 3 is 3.00 bits per heavy atom. The van der Waals surface area contributed by atoms with Crippen LogP contribution in [0.5, 0.6) is 0 Å². The summed E-state index contributed by atoms with van der Waals surface area (Å²) in [6, 6.07) is 1.95. The third-order valence-corrected chi connectivity index (χ3v) is 2.73. The third kappa shape index (κ3) is 2.13. The van der Waals surface area contributed by atoms with Gasteiger partial charge in [0, 0.05) is 12.1 Å². The summed E-state index contributed by atoms with van der Waals surface area (Å²) in [4.78, 5) is 0. The molecule has 1 unspecified atom stereocenters. The second-order valence-electron chi connectivity index (χ2n) is 3.60. The molecule has 0 saturated carbocycles. The summed E-state index contributed by atoms with van der Waals surface area (Å²) in [5.74, 6) is 0. The van der Waals surface area contributed by atoms with E-state index in [4.69, 9.17) is 14.9 Å². The lowest BCUT2D eigenvalue weighted by molar-refractivity contribution is 0.178. The van der Waals surface area contributed by atoms with Crippen LogP contribution in [-0.2, 0) is 11.2 Å². The van der Waals surface area contributed by atoms with E-state index in [2.05, 4.69) is 15.9 Å². The van der Waals surface area contributed by atoms with Crippen LogP contribution in [0.2, 0.25) is 0 Å². The van der Waals surface area contributed by atoms with Crippen LogP contribution in [0.4, 0.5) is 0 Å². The maximum absolute atomic E-state index is 6.12. The van der Waals surface area contributed by atoms with Crippen molar-refractivity contribution >= 4 is 15.9 Å². The summed E-state index contributed by atoms with van der Waals surface area (Å²) in [5.41, 5.74) is 7.05. The first-order chi connectivity index (χ1) is 6.18. The molecule has 72 valence electrons. The predicted octanol–water partition coefficient (Wildman–Crippen LogP) is 1.70. The Morgan fingerprint density at radius 1 is 1.62 bits per heavy atom. The topological polar surface area (TPSA) is 48.4 Å². The van der Waals surface area contributed by atoms with Crippen LogP contribution in [0, 0.1) is 0 Å². The van der Waals surface area contributed by atoms with Gasteiger partial charge in [0.2, 0.25) is 0 Å². The standard InChI is InChI=1S/C9H12BrNO2/c10-8-3-7(5-13-8)4-9(11)1-2-12-6-9/h3,5H,1-2,4,6,11H2. The molecule has 0 bridgehead atoms. The average Bonchev–Trinajstić information content (AvgIpc) is 2.62. The van der Waals surface area contributed by atoms with Crippen LogP contribution < -0.4 is 5.73 Å². The van der Waals surface area contributed by atoms with Crippen LogP contribution in [-0.4, -0.2) is 18.8 Å². The summed E-state index contributed by atoms with van der Waals surface area (Å²) in [6.45, 7) is 1.42. The Labute approximate surface area is 85.4 Å². The van der Waals surface area contributed by atoms with Crippen LogP contribution >= 0.6 is 15.9 Å². The molecule has 0 aliphatic carbocycles. The fourth-order valence-corrected chi connectivity index (χ4v) is 1.99. The number of nitrogens with two attached hydrogens (primary N) is 1. The molecule has 0 spiro atoms. The molecule has 1 aromatic rings. The van der Waals surface area contributed by atoms with Crippen LogP contribution in [0.15, 0.2) is 21.4 Å². The molecule has 2 rings (SSSR count). The van der Waals surface area contributed by atoms with Crippen molar-refractivity contribution in [3.8, 4) is 0 Å². The van der Waals surface area contributed by atoms with Gasteiger partial charge in [0.15, 0.2) is 4.67 Å². The first-order valence-electron chi connectivity index (χ1n) is 4.28. The highest BCUT2D eigenvalue weighted by atomic mass is 79.9. The average molecular weight is 246 g/mol. The summed E-state index contributed by atoms with van der Waals surface area (Å²) in [7, 11) is 0. The number of rotatable bonds is 2. The predicted molar refractivity (Wildman–Crippen MR) is 52.5 cm³/mol. The van der Waals surface area contributed by atoms with E-state index >= 15 is 0 Å². The van der Waals surface area contributed by atoms with Gasteiger partial charge in [-0.2, -0.15) is 0 Å². The minimum absolute atomic E-state index is 0.191. The van der Waals surface area contributed by atoms with E-state index in [9.17, 15) is 0 Å². The Kier molecular flexibility index (Phi) is 2.45. The molecule has 1 aliphatic rings. The Morgan fingerprint density at radius 2 is 2.46 bits per heavy atom. The number of halogens is 1. The molecular formula is C9H12BrNO2. The summed E-state index contributed by atoms with van der Waals surface area (Å²) < 4.78 is 11.2. The van der Waals surface area contributed by atoms with Gasteiger partial charge in [0.1, 0.15) is 0 Å². The van der Waals surface area contributed by atoms with Crippen molar-refractivity contribution in [2.24, 2.45) is 5.73 Å². The molecular weight excluding hydrogens is 234 g/mol. The number of furan rings is 1. The van der Waals surface area contributed by atoms with Gasteiger partial charge in [-0.3, -0.25) is 0 Å². The maximum atomic E-state index is 6.12. The lowest BCUT2D eigenvalue weighted by Gasteiger charge is -2.20. The highest BCUT2D eigenvalue weighted by molar-refractivity contribution is 9.10. The van der Waals surface area contributed by atoms with E-state index in [-0.39, 0.29) is 5.54 Å². The van der Waals surface area contributed by atoms with Crippen molar-refractivity contribution in [3.63, 3.8) is 0 Å². The second-order valence-corrected chi connectivity index (χ2v) is 4.38. The van der Waals surface area contributed by atoms with E-state index in [0.717, 1.165) is 29.7 Å². The number of hydrogen-bond donors (Lipinski definition) is 1. The summed E-state index contributed by atoms with van der Waals surface area (Å²) in [6.07, 6.45) is 3.48. The molecule has 1 aromatic heterocycles. The first-order valence-corrected chi connectivity index (χ1v) is 5.07. The van der Waals surface area contributed by atoms with E-state index in [1.807, 2.05) is 6.07 Å². The zero-order chi connectivity index (χ0) is 9.31.